The van der Waals surface area contributed by atoms with Gasteiger partial charge in [0.05, 0.1) is 5.69 Å². The van der Waals surface area contributed by atoms with Gasteiger partial charge in [0.1, 0.15) is 0 Å². The molecule has 0 aliphatic heterocycles. The van der Waals surface area contributed by atoms with Crippen molar-refractivity contribution in [2.24, 2.45) is 0 Å². The summed E-state index contributed by atoms with van der Waals surface area (Å²) in [7, 11) is 0. The van der Waals surface area contributed by atoms with Gasteiger partial charge in [0.2, 0.25) is 0 Å². The number of nitrogens with zero attached hydrogens (tertiary/aromatic N) is 1. The smallest absolute Gasteiger partial charge is 0.0774 e. The van der Waals surface area contributed by atoms with E-state index in [1.165, 1.54) is 32.1 Å². The Morgan fingerprint density at radius 1 is 0.840 bits per heavy atom. The van der Waals surface area contributed by atoms with Crippen LogP contribution in [0, 0.1) is 6.92 Å². The predicted octanol–water partition coefficient (Wildman–Crippen LogP) is 6.62. The van der Waals surface area contributed by atoms with Gasteiger partial charge in [-0.2, -0.15) is 0 Å². The van der Waals surface area contributed by atoms with E-state index in [-0.39, 0.29) is 0 Å². The molecule has 0 fully saturated rings. The number of anilines is 1. The van der Waals surface area contributed by atoms with Gasteiger partial charge in [0, 0.05) is 12.1 Å². The summed E-state index contributed by atoms with van der Waals surface area (Å²) >= 11 is 0. The normalized spacial score (nSPS) is 10.8. The number of aryl methyl sites for hydroxylation is 1. The lowest BCUT2D eigenvalue weighted by atomic mass is 10.00. The summed E-state index contributed by atoms with van der Waals surface area (Å²) < 4.78 is 0. The molecule has 3 nitrogen and oxygen atoms in total. The van der Waals surface area contributed by atoms with Gasteiger partial charge in [0.25, 0.3) is 0 Å². The molecule has 0 saturated heterocycles. The van der Waals surface area contributed by atoms with E-state index in [9.17, 15) is 5.26 Å². The van der Waals surface area contributed by atoms with Crippen LogP contribution in [-0.2, 0) is 4.99 Å². The minimum atomic E-state index is 0.689. The van der Waals surface area contributed by atoms with E-state index in [0.717, 1.165) is 35.2 Å². The average molecular weight is 341 g/mol. The second-order valence-electron chi connectivity index (χ2n) is 6.64. The largest absolute Gasteiger partial charge is 0.227 e. The fourth-order valence-electron chi connectivity index (χ4n) is 3.25. The Labute approximate surface area is 152 Å². The molecule has 2 aromatic rings. The SMILES string of the molecule is CCCCCCCCCN(OO)c1c(C)cccc1-c1ccccc1. The number of rotatable bonds is 11. The topological polar surface area (TPSA) is 32.7 Å². The van der Waals surface area contributed by atoms with E-state index in [1.807, 2.05) is 24.3 Å². The molecule has 2 aromatic carbocycles. The fraction of sp³-hybridized carbons (Fsp3) is 0.455. The highest BCUT2D eigenvalue weighted by Gasteiger charge is 2.15. The van der Waals surface area contributed by atoms with Gasteiger partial charge in [0.15, 0.2) is 0 Å². The van der Waals surface area contributed by atoms with Gasteiger partial charge in [-0.15, -0.1) is 4.99 Å². The quantitative estimate of drug-likeness (QED) is 0.283. The number of para-hydroxylation sites is 1. The van der Waals surface area contributed by atoms with Crippen LogP contribution < -0.4 is 5.06 Å². The molecular weight excluding hydrogens is 310 g/mol. The Hall–Kier alpha value is -1.84. The van der Waals surface area contributed by atoms with Crippen LogP contribution in [0.25, 0.3) is 11.1 Å². The highest BCUT2D eigenvalue weighted by molar-refractivity contribution is 5.80. The van der Waals surface area contributed by atoms with Crippen LogP contribution in [0.2, 0.25) is 0 Å². The Kier molecular flexibility index (Phi) is 8.50. The summed E-state index contributed by atoms with van der Waals surface area (Å²) in [5.74, 6) is 0. The maximum Gasteiger partial charge on any atom is 0.0774 e. The van der Waals surface area contributed by atoms with Crippen molar-refractivity contribution in [2.75, 3.05) is 11.6 Å². The highest BCUT2D eigenvalue weighted by Crippen LogP contribution is 2.34. The molecule has 0 bridgehead atoms. The highest BCUT2D eigenvalue weighted by atomic mass is 17.2. The molecule has 3 heteroatoms. The van der Waals surface area contributed by atoms with Crippen LogP contribution in [0.15, 0.2) is 48.5 Å². The molecule has 1 N–H and O–H groups in total. The monoisotopic (exact) mass is 341 g/mol. The summed E-state index contributed by atoms with van der Waals surface area (Å²) in [6.45, 7) is 4.98. The van der Waals surface area contributed by atoms with Crippen molar-refractivity contribution in [3.8, 4) is 11.1 Å². The molecule has 136 valence electrons. The molecule has 0 spiro atoms. The average Bonchev–Trinajstić information content (AvgIpc) is 2.65. The zero-order chi connectivity index (χ0) is 17.9. The Morgan fingerprint density at radius 3 is 2.20 bits per heavy atom. The summed E-state index contributed by atoms with van der Waals surface area (Å²) in [5, 5.41) is 11.1. The Balaban J connectivity index is 2.02. The van der Waals surface area contributed by atoms with Gasteiger partial charge in [-0.05, 0) is 24.5 Å². The van der Waals surface area contributed by atoms with Crippen molar-refractivity contribution in [2.45, 2.75) is 58.8 Å². The van der Waals surface area contributed by atoms with Crippen LogP contribution in [0.1, 0.15) is 57.4 Å². The van der Waals surface area contributed by atoms with Gasteiger partial charge in [-0.1, -0.05) is 94.0 Å². The minimum Gasteiger partial charge on any atom is -0.227 e. The molecule has 0 atom stereocenters. The number of hydrogen-bond acceptors (Lipinski definition) is 3. The summed E-state index contributed by atoms with van der Waals surface area (Å²) in [4.78, 5) is 4.76. The number of unbranched alkanes of at least 4 members (excludes halogenated alkanes) is 6. The molecule has 2 rings (SSSR count). The molecule has 0 aromatic heterocycles. The molecule has 25 heavy (non-hydrogen) atoms. The molecule has 0 unspecified atom stereocenters. The van der Waals surface area contributed by atoms with E-state index in [4.69, 9.17) is 4.99 Å². The maximum absolute atomic E-state index is 9.47. The zero-order valence-corrected chi connectivity index (χ0v) is 15.6. The van der Waals surface area contributed by atoms with Crippen molar-refractivity contribution in [1.29, 1.82) is 0 Å². The predicted molar refractivity (Wildman–Crippen MR) is 106 cm³/mol. The fourth-order valence-corrected chi connectivity index (χ4v) is 3.25. The van der Waals surface area contributed by atoms with E-state index in [1.54, 1.807) is 5.06 Å². The lowest BCUT2D eigenvalue weighted by Crippen LogP contribution is -2.24. The van der Waals surface area contributed by atoms with Crippen LogP contribution >= 0.6 is 0 Å². The van der Waals surface area contributed by atoms with E-state index < -0.39 is 0 Å². The van der Waals surface area contributed by atoms with Crippen molar-refractivity contribution in [3.63, 3.8) is 0 Å². The molecule has 0 aliphatic rings. The molecule has 0 saturated carbocycles. The minimum absolute atomic E-state index is 0.689. The third kappa shape index (κ3) is 5.87. The van der Waals surface area contributed by atoms with Gasteiger partial charge < -0.3 is 0 Å². The number of hydroxylamine groups is 1. The first-order valence-corrected chi connectivity index (χ1v) is 9.52. The van der Waals surface area contributed by atoms with E-state index in [0.29, 0.717) is 6.54 Å². The van der Waals surface area contributed by atoms with Crippen molar-refractivity contribution in [3.05, 3.63) is 54.1 Å². The summed E-state index contributed by atoms with van der Waals surface area (Å²) in [5.41, 5.74) is 4.25. The molecule has 0 aliphatic carbocycles. The Bertz CT molecular complexity index is 613. The number of benzene rings is 2. The first-order chi connectivity index (χ1) is 12.3. The molecule has 0 amide bonds. The van der Waals surface area contributed by atoms with Crippen molar-refractivity contribution >= 4 is 5.69 Å². The summed E-state index contributed by atoms with van der Waals surface area (Å²) in [6.07, 6.45) is 8.65. The lowest BCUT2D eigenvalue weighted by Gasteiger charge is -2.24. The lowest BCUT2D eigenvalue weighted by molar-refractivity contribution is -0.254. The van der Waals surface area contributed by atoms with Gasteiger partial charge in [-0.25, -0.2) is 10.3 Å². The molecular formula is C22H31NO2. The third-order valence-corrected chi connectivity index (χ3v) is 4.64. The van der Waals surface area contributed by atoms with Crippen LogP contribution in [0.5, 0.6) is 0 Å². The molecule has 0 radical (unpaired) electrons. The second kappa shape index (κ2) is 10.9. The van der Waals surface area contributed by atoms with Crippen LogP contribution in [0.3, 0.4) is 0 Å². The number of hydrogen-bond donors (Lipinski definition) is 1. The van der Waals surface area contributed by atoms with Crippen molar-refractivity contribution < 1.29 is 10.2 Å². The maximum atomic E-state index is 9.47. The second-order valence-corrected chi connectivity index (χ2v) is 6.64. The summed E-state index contributed by atoms with van der Waals surface area (Å²) in [6, 6.07) is 16.4. The van der Waals surface area contributed by atoms with E-state index in [2.05, 4.69) is 38.1 Å². The third-order valence-electron chi connectivity index (χ3n) is 4.64. The van der Waals surface area contributed by atoms with E-state index >= 15 is 0 Å². The van der Waals surface area contributed by atoms with Crippen LogP contribution in [-0.4, -0.2) is 11.8 Å². The first kappa shape index (κ1) is 19.5. The molecule has 0 heterocycles. The zero-order valence-electron chi connectivity index (χ0n) is 15.6. The standard InChI is InChI=1S/C22H31NO2/c1-3-4-5-6-7-8-12-18-23(25-24)22-19(2)14-13-17-21(22)20-15-10-9-11-16-20/h9-11,13-17,24H,3-8,12,18H2,1-2H3. The van der Waals surface area contributed by atoms with Crippen molar-refractivity contribution in [1.82, 2.24) is 0 Å². The van der Waals surface area contributed by atoms with Gasteiger partial charge in [-0.3, -0.25) is 0 Å². The first-order valence-electron chi connectivity index (χ1n) is 9.52. The van der Waals surface area contributed by atoms with Gasteiger partial charge >= 0.3 is 0 Å². The van der Waals surface area contributed by atoms with Crippen LogP contribution in [0.4, 0.5) is 5.69 Å². The Morgan fingerprint density at radius 2 is 1.52 bits per heavy atom.